The number of fused-ring (bicyclic) bond motifs is 1. The van der Waals surface area contributed by atoms with Crippen molar-refractivity contribution >= 4 is 23.7 Å². The summed E-state index contributed by atoms with van der Waals surface area (Å²) in [5.41, 5.74) is 1.76. The lowest BCUT2D eigenvalue weighted by Crippen LogP contribution is -2.35. The minimum atomic E-state index is -0.998. The van der Waals surface area contributed by atoms with Crippen LogP contribution in [0.1, 0.15) is 46.9 Å². The molecule has 1 aliphatic heterocycles. The monoisotopic (exact) mass is 544 g/mol. The number of hydrogen-bond acceptors (Lipinski definition) is 8. The van der Waals surface area contributed by atoms with Crippen molar-refractivity contribution in [3.8, 4) is 11.5 Å². The maximum absolute atomic E-state index is 13.4. The van der Waals surface area contributed by atoms with E-state index in [1.807, 2.05) is 53.5 Å². The van der Waals surface area contributed by atoms with Gasteiger partial charge in [0, 0.05) is 12.0 Å². The van der Waals surface area contributed by atoms with E-state index in [1.165, 1.54) is 5.01 Å². The highest BCUT2D eigenvalue weighted by Gasteiger charge is 2.43. The highest BCUT2D eigenvalue weighted by molar-refractivity contribution is 6.08. The smallest absolute Gasteiger partial charge is 0.355 e. The molecular formula is C29H28N4O7. The Morgan fingerprint density at radius 3 is 2.33 bits per heavy atom. The molecule has 5 rings (SSSR count). The maximum atomic E-state index is 13.4. The molecule has 2 aliphatic rings. The van der Waals surface area contributed by atoms with Gasteiger partial charge in [0.2, 0.25) is 0 Å². The first-order valence-corrected chi connectivity index (χ1v) is 12.8. The van der Waals surface area contributed by atoms with Crippen molar-refractivity contribution in [3.05, 3.63) is 97.8 Å². The van der Waals surface area contributed by atoms with Crippen LogP contribution in [0.25, 0.3) is 6.08 Å². The van der Waals surface area contributed by atoms with Crippen molar-refractivity contribution in [2.75, 3.05) is 20.8 Å². The van der Waals surface area contributed by atoms with Crippen LogP contribution in [-0.4, -0.2) is 53.4 Å². The van der Waals surface area contributed by atoms with Crippen LogP contribution >= 0.6 is 0 Å². The van der Waals surface area contributed by atoms with E-state index >= 15 is 0 Å². The summed E-state index contributed by atoms with van der Waals surface area (Å²) in [5.74, 6) is -0.147. The molecule has 1 aliphatic carbocycles. The molecule has 2 unspecified atom stereocenters. The standard InChI is InChI=1S/C29H28N4O7/c1-38-20-10-6-17(7-11-20)14-19-4-3-5-22-26(19)32-33(27(22)18-8-12-21(39-2)13-9-18)25(35)16-40-28(36)23-15-24(34)31-29(37)30-23/h6-15,22,27H,3-5,16H2,1-2H3,(H2,30,31,34,37). The molecule has 0 radical (unpaired) electrons. The number of nitrogens with one attached hydrogen (secondary N) is 2. The molecule has 2 N–H and O–H groups in total. The molecule has 0 saturated heterocycles. The van der Waals surface area contributed by atoms with Crippen LogP contribution in [0, 0.1) is 5.92 Å². The van der Waals surface area contributed by atoms with Crippen LogP contribution in [0.15, 0.2) is 74.9 Å². The number of aromatic amines is 2. The summed E-state index contributed by atoms with van der Waals surface area (Å²) in [6.45, 7) is -0.624. The van der Waals surface area contributed by atoms with Gasteiger partial charge in [0.05, 0.1) is 26.0 Å². The zero-order chi connectivity index (χ0) is 28.2. The second-order valence-electron chi connectivity index (χ2n) is 9.46. The lowest BCUT2D eigenvalue weighted by atomic mass is 9.77. The molecule has 11 nitrogen and oxygen atoms in total. The van der Waals surface area contributed by atoms with Gasteiger partial charge in [-0.05, 0) is 66.3 Å². The van der Waals surface area contributed by atoms with Gasteiger partial charge in [-0.25, -0.2) is 14.6 Å². The van der Waals surface area contributed by atoms with Crippen LogP contribution in [0.5, 0.6) is 11.5 Å². The van der Waals surface area contributed by atoms with Gasteiger partial charge in [-0.1, -0.05) is 24.3 Å². The third-order valence-electron chi connectivity index (χ3n) is 6.98. The second-order valence-corrected chi connectivity index (χ2v) is 9.46. The number of hydrazone groups is 1. The fourth-order valence-corrected chi connectivity index (χ4v) is 5.09. The van der Waals surface area contributed by atoms with Gasteiger partial charge in [-0.3, -0.25) is 14.6 Å². The predicted octanol–water partition coefficient (Wildman–Crippen LogP) is 3.06. The average molecular weight is 545 g/mol. The summed E-state index contributed by atoms with van der Waals surface area (Å²) in [5, 5.41) is 6.15. The van der Waals surface area contributed by atoms with Crippen LogP contribution in [0.3, 0.4) is 0 Å². The van der Waals surface area contributed by atoms with Gasteiger partial charge in [0.1, 0.15) is 17.2 Å². The average Bonchev–Trinajstić information content (AvgIpc) is 3.36. The van der Waals surface area contributed by atoms with Crippen molar-refractivity contribution in [3.63, 3.8) is 0 Å². The second kappa shape index (κ2) is 11.4. The van der Waals surface area contributed by atoms with Crippen LogP contribution in [-0.2, 0) is 9.53 Å². The fourth-order valence-electron chi connectivity index (χ4n) is 5.09. The molecule has 206 valence electrons. The lowest BCUT2D eigenvalue weighted by molar-refractivity contribution is -0.137. The van der Waals surface area contributed by atoms with E-state index in [9.17, 15) is 19.2 Å². The van der Waals surface area contributed by atoms with E-state index in [-0.39, 0.29) is 11.6 Å². The first-order valence-electron chi connectivity index (χ1n) is 12.8. The first-order chi connectivity index (χ1) is 19.4. The Labute approximate surface area is 229 Å². The van der Waals surface area contributed by atoms with E-state index in [2.05, 4.69) is 11.1 Å². The van der Waals surface area contributed by atoms with Crippen molar-refractivity contribution < 1.29 is 23.8 Å². The summed E-state index contributed by atoms with van der Waals surface area (Å²) in [6, 6.07) is 15.7. The molecule has 0 bridgehead atoms. The van der Waals surface area contributed by atoms with E-state index in [0.717, 1.165) is 53.5 Å². The minimum absolute atomic E-state index is 0.0599. The third-order valence-corrected chi connectivity index (χ3v) is 6.98. The Kier molecular flexibility index (Phi) is 7.63. The van der Waals surface area contributed by atoms with E-state index in [1.54, 1.807) is 14.2 Å². The summed E-state index contributed by atoms with van der Waals surface area (Å²) < 4.78 is 15.7. The lowest BCUT2D eigenvalue weighted by Gasteiger charge is -2.29. The summed E-state index contributed by atoms with van der Waals surface area (Å²) in [7, 11) is 3.20. The van der Waals surface area contributed by atoms with Gasteiger partial charge in [-0.15, -0.1) is 0 Å². The van der Waals surface area contributed by atoms with Crippen LogP contribution in [0.2, 0.25) is 0 Å². The number of allylic oxidation sites excluding steroid dienone is 1. The molecule has 0 spiro atoms. The van der Waals surface area contributed by atoms with Crippen molar-refractivity contribution in [2.24, 2.45) is 11.0 Å². The molecule has 1 fully saturated rings. The molecular weight excluding hydrogens is 516 g/mol. The summed E-state index contributed by atoms with van der Waals surface area (Å²) in [6.07, 6.45) is 4.63. The van der Waals surface area contributed by atoms with Gasteiger partial charge >= 0.3 is 11.7 Å². The van der Waals surface area contributed by atoms with Gasteiger partial charge < -0.3 is 19.2 Å². The number of carbonyl (C=O) groups is 2. The normalized spacial score (nSPS) is 19.1. The Hall–Kier alpha value is -4.93. The highest BCUT2D eigenvalue weighted by Crippen LogP contribution is 2.44. The number of methoxy groups -OCH3 is 2. The van der Waals surface area contributed by atoms with Crippen molar-refractivity contribution in [1.29, 1.82) is 0 Å². The summed E-state index contributed by atoms with van der Waals surface area (Å²) >= 11 is 0. The molecule has 2 atom stereocenters. The Bertz CT molecular complexity index is 1560. The summed E-state index contributed by atoms with van der Waals surface area (Å²) in [4.78, 5) is 53.1. The molecule has 11 heteroatoms. The van der Waals surface area contributed by atoms with Gasteiger partial charge in [0.15, 0.2) is 6.61 Å². The number of aromatic nitrogens is 2. The number of benzene rings is 2. The Balaban J connectivity index is 1.44. The molecule has 1 aromatic heterocycles. The third kappa shape index (κ3) is 5.58. The van der Waals surface area contributed by atoms with E-state index in [0.29, 0.717) is 5.75 Å². The molecule has 40 heavy (non-hydrogen) atoms. The predicted molar refractivity (Wildman–Crippen MR) is 146 cm³/mol. The number of rotatable bonds is 7. The molecule has 2 aromatic carbocycles. The largest absolute Gasteiger partial charge is 0.497 e. The first kappa shape index (κ1) is 26.7. The van der Waals surface area contributed by atoms with E-state index < -0.39 is 35.8 Å². The zero-order valence-corrected chi connectivity index (χ0v) is 22.0. The Morgan fingerprint density at radius 2 is 1.68 bits per heavy atom. The minimum Gasteiger partial charge on any atom is -0.497 e. The number of carbonyl (C=O) groups excluding carboxylic acids is 2. The quantitative estimate of drug-likeness (QED) is 0.435. The number of nitrogens with zero attached hydrogens (tertiary/aromatic N) is 2. The number of H-pyrrole nitrogens is 2. The molecule has 1 saturated carbocycles. The van der Waals surface area contributed by atoms with Crippen molar-refractivity contribution in [2.45, 2.75) is 25.3 Å². The number of amides is 1. The molecule has 2 heterocycles. The molecule has 3 aromatic rings. The maximum Gasteiger partial charge on any atom is 0.355 e. The fraction of sp³-hybridized carbons (Fsp3) is 0.276. The van der Waals surface area contributed by atoms with Crippen molar-refractivity contribution in [1.82, 2.24) is 15.0 Å². The van der Waals surface area contributed by atoms with Gasteiger partial charge in [0.25, 0.3) is 11.5 Å². The number of esters is 1. The van der Waals surface area contributed by atoms with Crippen LogP contribution < -0.4 is 20.7 Å². The SMILES string of the molecule is COc1ccc(C=C2CCCC3C2=NN(C(=O)COC(=O)c2cc(=O)[nH]c(=O)[nH]2)C3c2ccc(OC)cc2)cc1. The highest BCUT2D eigenvalue weighted by atomic mass is 16.5. The number of ether oxygens (including phenoxy) is 3. The van der Waals surface area contributed by atoms with E-state index in [4.69, 9.17) is 19.3 Å². The Morgan fingerprint density at radius 1 is 1.00 bits per heavy atom. The van der Waals surface area contributed by atoms with Crippen LogP contribution in [0.4, 0.5) is 0 Å². The zero-order valence-electron chi connectivity index (χ0n) is 22.0. The number of hydrogen-bond donors (Lipinski definition) is 2. The molecule has 1 amide bonds. The topological polar surface area (TPSA) is 143 Å². The van der Waals surface area contributed by atoms with Gasteiger partial charge in [-0.2, -0.15) is 5.10 Å².